The number of nitrogens with one attached hydrogen (secondary N) is 1. The topological polar surface area (TPSA) is 72.8 Å². The van der Waals surface area contributed by atoms with E-state index in [2.05, 4.69) is 15.5 Å². The van der Waals surface area contributed by atoms with Gasteiger partial charge >= 0.3 is 5.97 Å². The number of esters is 1. The largest absolute Gasteiger partial charge is 0.490 e. The highest BCUT2D eigenvalue weighted by molar-refractivity contribution is 7.14. The Morgan fingerprint density at radius 2 is 1.89 bits per heavy atom. The van der Waals surface area contributed by atoms with E-state index in [1.165, 1.54) is 11.3 Å². The van der Waals surface area contributed by atoms with Crippen LogP contribution in [0, 0.1) is 6.92 Å². The molecule has 9 heteroatoms. The molecule has 1 aromatic heterocycles. The second-order valence-corrected chi connectivity index (χ2v) is 9.13. The number of nitrogens with zero attached hydrogens (tertiary/aromatic N) is 2. The van der Waals surface area contributed by atoms with E-state index in [1.54, 1.807) is 48.7 Å². The number of thiazole rings is 1. The van der Waals surface area contributed by atoms with Gasteiger partial charge in [-0.15, -0.1) is 11.3 Å². The van der Waals surface area contributed by atoms with Crippen molar-refractivity contribution >= 4 is 51.9 Å². The van der Waals surface area contributed by atoms with Crippen molar-refractivity contribution in [2.45, 2.75) is 13.8 Å². The van der Waals surface area contributed by atoms with Crippen molar-refractivity contribution in [3.8, 4) is 22.8 Å². The first-order chi connectivity index (χ1) is 16.9. The number of benzene rings is 3. The highest BCUT2D eigenvalue weighted by Crippen LogP contribution is 2.32. The van der Waals surface area contributed by atoms with Crippen molar-refractivity contribution in [3.63, 3.8) is 0 Å². The average molecular weight is 526 g/mol. The summed E-state index contributed by atoms with van der Waals surface area (Å²) in [6, 6.07) is 17.7. The van der Waals surface area contributed by atoms with Crippen LogP contribution in [-0.2, 0) is 0 Å². The summed E-state index contributed by atoms with van der Waals surface area (Å²) >= 11 is 13.6. The summed E-state index contributed by atoms with van der Waals surface area (Å²) in [7, 11) is 0. The molecule has 0 amide bonds. The SMILES string of the molecule is CCOc1cc(/C=N\Nc2nc(-c3ccc(Cl)cc3Cl)cs2)ccc1OC(=O)c1ccc(C)cc1. The van der Waals surface area contributed by atoms with Crippen LogP contribution in [0.15, 0.2) is 71.1 Å². The number of carbonyl (C=O) groups excluding carboxylic acids is 1. The minimum Gasteiger partial charge on any atom is -0.490 e. The monoisotopic (exact) mass is 525 g/mol. The lowest BCUT2D eigenvalue weighted by Gasteiger charge is -2.11. The Morgan fingerprint density at radius 3 is 2.63 bits per heavy atom. The lowest BCUT2D eigenvalue weighted by Crippen LogP contribution is -2.09. The summed E-state index contributed by atoms with van der Waals surface area (Å²) < 4.78 is 11.2. The zero-order chi connectivity index (χ0) is 24.8. The first-order valence-corrected chi connectivity index (χ1v) is 12.3. The molecule has 0 radical (unpaired) electrons. The minimum absolute atomic E-state index is 0.340. The van der Waals surface area contributed by atoms with Crippen LogP contribution < -0.4 is 14.9 Å². The Labute approximate surface area is 217 Å². The predicted molar refractivity (Wildman–Crippen MR) is 143 cm³/mol. The second-order valence-electron chi connectivity index (χ2n) is 7.43. The Hall–Kier alpha value is -3.39. The molecule has 0 aliphatic rings. The zero-order valence-corrected chi connectivity index (χ0v) is 21.2. The number of aromatic nitrogens is 1. The number of hydrazone groups is 1. The number of carbonyl (C=O) groups is 1. The molecule has 0 unspecified atom stereocenters. The van der Waals surface area contributed by atoms with Gasteiger partial charge in [0, 0.05) is 16.0 Å². The lowest BCUT2D eigenvalue weighted by atomic mass is 10.1. The number of halogens is 2. The van der Waals surface area contributed by atoms with E-state index in [4.69, 9.17) is 32.7 Å². The summed E-state index contributed by atoms with van der Waals surface area (Å²) in [4.78, 5) is 17.0. The van der Waals surface area contributed by atoms with E-state index in [-0.39, 0.29) is 0 Å². The van der Waals surface area contributed by atoms with Crippen molar-refractivity contribution in [1.29, 1.82) is 0 Å². The molecule has 4 rings (SSSR count). The van der Waals surface area contributed by atoms with Gasteiger partial charge in [0.15, 0.2) is 11.5 Å². The number of rotatable bonds is 8. The molecule has 6 nitrogen and oxygen atoms in total. The summed E-state index contributed by atoms with van der Waals surface area (Å²) in [5.74, 6) is 0.340. The molecule has 178 valence electrons. The fraction of sp³-hybridized carbons (Fsp3) is 0.115. The number of hydrogen-bond acceptors (Lipinski definition) is 7. The Balaban J connectivity index is 1.44. The number of hydrogen-bond donors (Lipinski definition) is 1. The van der Waals surface area contributed by atoms with Crippen molar-refractivity contribution in [2.75, 3.05) is 12.0 Å². The quantitative estimate of drug-likeness (QED) is 0.111. The van der Waals surface area contributed by atoms with Gasteiger partial charge in [-0.25, -0.2) is 9.78 Å². The van der Waals surface area contributed by atoms with Crippen LogP contribution in [0.1, 0.15) is 28.4 Å². The first kappa shape index (κ1) is 24.7. The third-order valence-electron chi connectivity index (χ3n) is 4.84. The molecule has 0 aliphatic heterocycles. The highest BCUT2D eigenvalue weighted by atomic mass is 35.5. The molecule has 0 aliphatic carbocycles. The zero-order valence-electron chi connectivity index (χ0n) is 18.9. The fourth-order valence-electron chi connectivity index (χ4n) is 3.11. The Bertz CT molecular complexity index is 1370. The molecule has 0 saturated heterocycles. The van der Waals surface area contributed by atoms with Gasteiger partial charge < -0.3 is 9.47 Å². The van der Waals surface area contributed by atoms with Crippen molar-refractivity contribution in [3.05, 3.63) is 92.8 Å². The van der Waals surface area contributed by atoms with Crippen molar-refractivity contribution in [2.24, 2.45) is 5.10 Å². The van der Waals surface area contributed by atoms with Gasteiger partial charge in [0.05, 0.1) is 29.1 Å². The van der Waals surface area contributed by atoms with E-state index in [0.29, 0.717) is 38.8 Å². The molecule has 0 atom stereocenters. The summed E-state index contributed by atoms with van der Waals surface area (Å²) in [5, 5.41) is 7.85. The Kier molecular flexibility index (Phi) is 8.02. The second kappa shape index (κ2) is 11.4. The normalized spacial score (nSPS) is 11.0. The van der Waals surface area contributed by atoms with Gasteiger partial charge in [0.1, 0.15) is 0 Å². The maximum atomic E-state index is 12.5. The number of aryl methyl sites for hydroxylation is 1. The van der Waals surface area contributed by atoms with Crippen molar-refractivity contribution < 1.29 is 14.3 Å². The average Bonchev–Trinajstić information content (AvgIpc) is 3.29. The van der Waals surface area contributed by atoms with E-state index < -0.39 is 5.97 Å². The first-order valence-electron chi connectivity index (χ1n) is 10.7. The van der Waals surface area contributed by atoms with Crippen LogP contribution in [0.3, 0.4) is 0 Å². The third-order valence-corrected chi connectivity index (χ3v) is 6.14. The lowest BCUT2D eigenvalue weighted by molar-refractivity contribution is 0.0728. The van der Waals surface area contributed by atoms with Gasteiger partial charge in [0.25, 0.3) is 0 Å². The molecule has 4 aromatic rings. The molecular formula is C26H21Cl2N3O3S. The minimum atomic E-state index is -0.450. The maximum Gasteiger partial charge on any atom is 0.343 e. The van der Waals surface area contributed by atoms with Crippen LogP contribution in [0.4, 0.5) is 5.13 Å². The number of ether oxygens (including phenoxy) is 2. The van der Waals surface area contributed by atoms with Crippen LogP contribution in [0.5, 0.6) is 11.5 Å². The van der Waals surface area contributed by atoms with Crippen molar-refractivity contribution in [1.82, 2.24) is 4.98 Å². The third kappa shape index (κ3) is 6.39. The van der Waals surface area contributed by atoms with Gasteiger partial charge in [-0.3, -0.25) is 5.43 Å². The van der Waals surface area contributed by atoms with Crippen LogP contribution in [0.25, 0.3) is 11.3 Å². The van der Waals surface area contributed by atoms with Gasteiger partial charge in [-0.05, 0) is 67.9 Å². The molecule has 0 fully saturated rings. The fourth-order valence-corrected chi connectivity index (χ4v) is 4.28. The van der Waals surface area contributed by atoms with Crippen LogP contribution in [-0.4, -0.2) is 23.8 Å². The standard InChI is InChI=1S/C26H21Cl2N3O3S/c1-3-33-24-12-17(6-11-23(24)34-25(32)18-7-4-16(2)5-8-18)14-29-31-26-30-22(15-35-26)20-10-9-19(27)13-21(20)28/h4-15H,3H2,1-2H3,(H,30,31)/b29-14-. The molecule has 0 bridgehead atoms. The molecule has 35 heavy (non-hydrogen) atoms. The molecule has 3 aromatic carbocycles. The molecular weight excluding hydrogens is 505 g/mol. The van der Waals surface area contributed by atoms with Gasteiger partial charge in [-0.2, -0.15) is 5.10 Å². The summed E-state index contributed by atoms with van der Waals surface area (Å²) in [6.45, 7) is 4.24. The van der Waals surface area contributed by atoms with E-state index >= 15 is 0 Å². The Morgan fingerprint density at radius 1 is 1.09 bits per heavy atom. The van der Waals surface area contributed by atoms with Crippen LogP contribution >= 0.6 is 34.5 Å². The van der Waals surface area contributed by atoms with Gasteiger partial charge in [0.2, 0.25) is 5.13 Å². The molecule has 0 saturated carbocycles. The van der Waals surface area contributed by atoms with E-state index in [0.717, 1.165) is 22.4 Å². The molecule has 1 N–H and O–H groups in total. The summed E-state index contributed by atoms with van der Waals surface area (Å²) in [5.41, 5.74) is 6.73. The summed E-state index contributed by atoms with van der Waals surface area (Å²) in [6.07, 6.45) is 1.63. The highest BCUT2D eigenvalue weighted by Gasteiger charge is 2.13. The molecule has 0 spiro atoms. The van der Waals surface area contributed by atoms with E-state index in [1.807, 2.05) is 37.4 Å². The number of anilines is 1. The van der Waals surface area contributed by atoms with Gasteiger partial charge in [-0.1, -0.05) is 40.9 Å². The smallest absolute Gasteiger partial charge is 0.343 e. The van der Waals surface area contributed by atoms with Crippen LogP contribution in [0.2, 0.25) is 10.0 Å². The van der Waals surface area contributed by atoms with E-state index in [9.17, 15) is 4.79 Å². The predicted octanol–water partition coefficient (Wildman–Crippen LogP) is 7.49. The molecule has 1 heterocycles. The maximum absolute atomic E-state index is 12.5.